The first-order chi connectivity index (χ1) is 11.5. The van der Waals surface area contributed by atoms with Crippen molar-refractivity contribution in [3.63, 3.8) is 0 Å². The molecule has 1 N–H and O–H groups in total. The van der Waals surface area contributed by atoms with E-state index in [0.717, 1.165) is 0 Å². The fourth-order valence-electron chi connectivity index (χ4n) is 2.05. The van der Waals surface area contributed by atoms with Crippen LogP contribution in [0.4, 0.5) is 11.4 Å². The number of carbonyl (C=O) groups excluding carboxylic acids is 2. The van der Waals surface area contributed by atoms with Crippen LogP contribution in [-0.2, 0) is 20.7 Å². The minimum Gasteiger partial charge on any atom is -0.452 e. The van der Waals surface area contributed by atoms with Crippen molar-refractivity contribution in [1.29, 1.82) is 0 Å². The van der Waals surface area contributed by atoms with Crippen LogP contribution in [-0.4, -0.2) is 22.9 Å². The fraction of sp³-hybridized carbons (Fsp3) is 0.176. The number of esters is 1. The number of anilines is 1. The number of rotatable bonds is 6. The molecular weight excluding hydrogens is 312 g/mol. The molecule has 0 aliphatic heterocycles. The lowest BCUT2D eigenvalue weighted by atomic mass is 10.1. The maximum Gasteiger partial charge on any atom is 0.311 e. The summed E-state index contributed by atoms with van der Waals surface area (Å²) in [6.07, 6.45) is -1.29. The van der Waals surface area contributed by atoms with Crippen LogP contribution in [0.1, 0.15) is 12.5 Å². The van der Waals surface area contributed by atoms with Crippen molar-refractivity contribution in [1.82, 2.24) is 0 Å². The van der Waals surface area contributed by atoms with E-state index < -0.39 is 22.9 Å². The van der Waals surface area contributed by atoms with Crippen molar-refractivity contribution in [3.8, 4) is 0 Å². The molecule has 0 heterocycles. The van der Waals surface area contributed by atoms with Gasteiger partial charge in [0, 0.05) is 17.3 Å². The zero-order chi connectivity index (χ0) is 17.5. The molecule has 0 aliphatic rings. The normalized spacial score (nSPS) is 11.4. The Morgan fingerprint density at radius 3 is 2.42 bits per heavy atom. The van der Waals surface area contributed by atoms with Crippen molar-refractivity contribution >= 4 is 23.3 Å². The largest absolute Gasteiger partial charge is 0.452 e. The minimum absolute atomic E-state index is 0.157. The summed E-state index contributed by atoms with van der Waals surface area (Å²) in [4.78, 5) is 34.3. The molecule has 0 saturated heterocycles. The average molecular weight is 328 g/mol. The lowest BCUT2D eigenvalue weighted by Crippen LogP contribution is -2.30. The van der Waals surface area contributed by atoms with Crippen molar-refractivity contribution in [2.24, 2.45) is 0 Å². The Kier molecular flexibility index (Phi) is 5.62. The molecule has 1 amide bonds. The summed E-state index contributed by atoms with van der Waals surface area (Å²) in [5, 5.41) is 13.5. The second-order valence-corrected chi connectivity index (χ2v) is 5.05. The zero-order valence-electron chi connectivity index (χ0n) is 13.0. The van der Waals surface area contributed by atoms with Gasteiger partial charge in [0.05, 0.1) is 11.3 Å². The molecule has 0 fully saturated rings. The number of hydrogen-bond acceptors (Lipinski definition) is 5. The number of ether oxygens (including phenoxy) is 1. The highest BCUT2D eigenvalue weighted by Gasteiger charge is 2.21. The molecule has 0 radical (unpaired) electrons. The van der Waals surface area contributed by atoms with Crippen molar-refractivity contribution in [2.75, 3.05) is 5.32 Å². The second kappa shape index (κ2) is 7.87. The molecule has 0 bridgehead atoms. The summed E-state index contributed by atoms with van der Waals surface area (Å²) in [6, 6.07) is 14.7. The second-order valence-electron chi connectivity index (χ2n) is 5.05. The standard InChI is InChI=1S/C17H16N2O5/c1-12(17(21)18-14-8-3-2-4-9-14)24-16(20)11-13-7-5-6-10-15(13)19(22)23/h2-10,12H,11H2,1H3,(H,18,21). The highest BCUT2D eigenvalue weighted by Crippen LogP contribution is 2.18. The van der Waals surface area contributed by atoms with Gasteiger partial charge in [-0.2, -0.15) is 0 Å². The number of amides is 1. The van der Waals surface area contributed by atoms with Crippen molar-refractivity contribution < 1.29 is 19.2 Å². The molecular formula is C17H16N2O5. The Labute approximate surface area is 138 Å². The molecule has 2 aromatic rings. The van der Waals surface area contributed by atoms with Gasteiger partial charge in [-0.1, -0.05) is 36.4 Å². The van der Waals surface area contributed by atoms with E-state index in [4.69, 9.17) is 4.74 Å². The number of benzene rings is 2. The molecule has 1 unspecified atom stereocenters. The first-order valence-corrected chi connectivity index (χ1v) is 7.25. The van der Waals surface area contributed by atoms with E-state index in [9.17, 15) is 19.7 Å². The Balaban J connectivity index is 1.94. The third-order valence-corrected chi connectivity index (χ3v) is 3.24. The Hall–Kier alpha value is -3.22. The van der Waals surface area contributed by atoms with Crippen LogP contribution in [0.15, 0.2) is 54.6 Å². The summed E-state index contributed by atoms with van der Waals surface area (Å²) in [7, 11) is 0. The first kappa shape index (κ1) is 17.1. The predicted molar refractivity (Wildman–Crippen MR) is 87.4 cm³/mol. The highest BCUT2D eigenvalue weighted by atomic mass is 16.6. The number of nitro benzene ring substituents is 1. The molecule has 24 heavy (non-hydrogen) atoms. The summed E-state index contributed by atoms with van der Waals surface area (Å²) >= 11 is 0. The summed E-state index contributed by atoms with van der Waals surface area (Å²) in [5.74, 6) is -1.18. The maximum absolute atomic E-state index is 12.0. The Morgan fingerprint density at radius 2 is 1.75 bits per heavy atom. The van der Waals surface area contributed by atoms with E-state index >= 15 is 0 Å². The number of carbonyl (C=O) groups is 2. The summed E-state index contributed by atoms with van der Waals surface area (Å²) < 4.78 is 5.05. The van der Waals surface area contributed by atoms with E-state index in [1.807, 2.05) is 6.07 Å². The van der Waals surface area contributed by atoms with Gasteiger partial charge in [0.25, 0.3) is 11.6 Å². The molecule has 0 aromatic heterocycles. The lowest BCUT2D eigenvalue weighted by Gasteiger charge is -2.13. The lowest BCUT2D eigenvalue weighted by molar-refractivity contribution is -0.385. The van der Waals surface area contributed by atoms with Gasteiger partial charge in [-0.3, -0.25) is 19.7 Å². The zero-order valence-corrected chi connectivity index (χ0v) is 13.0. The van der Waals surface area contributed by atoms with Gasteiger partial charge < -0.3 is 10.1 Å². The van der Waals surface area contributed by atoms with E-state index in [1.165, 1.54) is 25.1 Å². The average Bonchev–Trinajstić information content (AvgIpc) is 2.55. The topological polar surface area (TPSA) is 98.5 Å². The van der Waals surface area contributed by atoms with Crippen LogP contribution in [0.2, 0.25) is 0 Å². The number of hydrogen-bond donors (Lipinski definition) is 1. The van der Waals surface area contributed by atoms with Gasteiger partial charge in [-0.15, -0.1) is 0 Å². The third kappa shape index (κ3) is 4.64. The van der Waals surface area contributed by atoms with Crippen LogP contribution >= 0.6 is 0 Å². The van der Waals surface area contributed by atoms with Crippen LogP contribution < -0.4 is 5.32 Å². The van der Waals surface area contributed by atoms with Crippen LogP contribution in [0.25, 0.3) is 0 Å². The number of nitro groups is 1. The van der Waals surface area contributed by atoms with E-state index in [2.05, 4.69) is 5.32 Å². The number of nitrogens with zero attached hydrogens (tertiary/aromatic N) is 1. The van der Waals surface area contributed by atoms with Gasteiger partial charge in [-0.05, 0) is 19.1 Å². The minimum atomic E-state index is -1.01. The smallest absolute Gasteiger partial charge is 0.311 e. The molecule has 0 saturated carbocycles. The van der Waals surface area contributed by atoms with Crippen LogP contribution in [0, 0.1) is 10.1 Å². The molecule has 0 aliphatic carbocycles. The first-order valence-electron chi connectivity index (χ1n) is 7.25. The van der Waals surface area contributed by atoms with Gasteiger partial charge >= 0.3 is 5.97 Å². The van der Waals surface area contributed by atoms with E-state index in [-0.39, 0.29) is 17.7 Å². The molecule has 0 spiro atoms. The molecule has 124 valence electrons. The predicted octanol–water partition coefficient (Wildman–Crippen LogP) is 2.71. The van der Waals surface area contributed by atoms with Crippen molar-refractivity contribution in [2.45, 2.75) is 19.4 Å². The summed E-state index contributed by atoms with van der Waals surface area (Å²) in [5.41, 5.74) is 0.670. The van der Waals surface area contributed by atoms with Gasteiger partial charge in [0.2, 0.25) is 0 Å². The van der Waals surface area contributed by atoms with Crippen LogP contribution in [0.5, 0.6) is 0 Å². The number of para-hydroxylation sites is 2. The summed E-state index contributed by atoms with van der Waals surface area (Å²) in [6.45, 7) is 1.44. The van der Waals surface area contributed by atoms with E-state index in [1.54, 1.807) is 30.3 Å². The third-order valence-electron chi connectivity index (χ3n) is 3.24. The van der Waals surface area contributed by atoms with E-state index in [0.29, 0.717) is 5.69 Å². The van der Waals surface area contributed by atoms with Gasteiger partial charge in [-0.25, -0.2) is 0 Å². The SMILES string of the molecule is CC(OC(=O)Cc1ccccc1[N+](=O)[O-])C(=O)Nc1ccccc1. The monoisotopic (exact) mass is 328 g/mol. The molecule has 2 rings (SSSR count). The fourth-order valence-corrected chi connectivity index (χ4v) is 2.05. The molecule has 7 heteroatoms. The molecule has 7 nitrogen and oxygen atoms in total. The highest BCUT2D eigenvalue weighted by molar-refractivity contribution is 5.95. The van der Waals surface area contributed by atoms with Crippen LogP contribution in [0.3, 0.4) is 0 Å². The van der Waals surface area contributed by atoms with Gasteiger partial charge in [0.1, 0.15) is 0 Å². The Morgan fingerprint density at radius 1 is 1.12 bits per heavy atom. The molecule has 2 aromatic carbocycles. The molecule has 1 atom stereocenters. The van der Waals surface area contributed by atoms with Crippen molar-refractivity contribution in [3.05, 3.63) is 70.3 Å². The quantitative estimate of drug-likeness (QED) is 0.499. The number of nitrogens with one attached hydrogen (secondary N) is 1. The maximum atomic E-state index is 12.0. The van der Waals surface area contributed by atoms with Gasteiger partial charge in [0.15, 0.2) is 6.10 Å². The Bertz CT molecular complexity index is 746.